The predicted octanol–water partition coefficient (Wildman–Crippen LogP) is 4.63. The molecule has 62 valence electrons. The van der Waals surface area contributed by atoms with E-state index >= 15 is 0 Å². The Labute approximate surface area is 88.3 Å². The maximum absolute atomic E-state index is 6.03. The van der Waals surface area contributed by atoms with Gasteiger partial charge in [0.05, 0.1) is 13.5 Å². The standard InChI is InChI=1S/C9H6BrClS/c1-5-6-3-2-4-7(11)8(6)12-9(5)10/h2-4H,1H3. The second-order valence-corrected chi connectivity index (χ2v) is 5.36. The molecule has 0 radical (unpaired) electrons. The fourth-order valence-corrected chi connectivity index (χ4v) is 3.11. The second kappa shape index (κ2) is 3.02. The lowest BCUT2D eigenvalue weighted by Crippen LogP contribution is -1.68. The van der Waals surface area contributed by atoms with Gasteiger partial charge in [0, 0.05) is 0 Å². The van der Waals surface area contributed by atoms with E-state index in [-0.39, 0.29) is 0 Å². The Bertz CT molecular complexity index is 433. The first-order valence-electron chi connectivity index (χ1n) is 3.53. The van der Waals surface area contributed by atoms with Crippen LogP contribution in [0.1, 0.15) is 5.56 Å². The Morgan fingerprint density at radius 2 is 2.17 bits per heavy atom. The molecule has 3 heteroatoms. The van der Waals surface area contributed by atoms with Gasteiger partial charge in [-0.1, -0.05) is 23.7 Å². The average Bonchev–Trinajstić information content (AvgIpc) is 2.32. The van der Waals surface area contributed by atoms with Gasteiger partial charge in [-0.25, -0.2) is 0 Å². The molecule has 0 saturated carbocycles. The van der Waals surface area contributed by atoms with Crippen LogP contribution in [0.5, 0.6) is 0 Å². The molecule has 0 aliphatic heterocycles. The molecule has 0 aliphatic carbocycles. The smallest absolute Gasteiger partial charge is 0.0740 e. The van der Waals surface area contributed by atoms with Crippen molar-refractivity contribution >= 4 is 49.0 Å². The summed E-state index contributed by atoms with van der Waals surface area (Å²) in [5.41, 5.74) is 1.28. The van der Waals surface area contributed by atoms with Gasteiger partial charge in [0.1, 0.15) is 0 Å². The molecule has 1 heterocycles. The molecule has 0 amide bonds. The molecule has 0 aliphatic rings. The Hall–Kier alpha value is -0.0500. The monoisotopic (exact) mass is 260 g/mol. The van der Waals surface area contributed by atoms with Crippen molar-refractivity contribution in [2.45, 2.75) is 6.92 Å². The van der Waals surface area contributed by atoms with Crippen molar-refractivity contribution in [3.63, 3.8) is 0 Å². The average molecular weight is 262 g/mol. The lowest BCUT2D eigenvalue weighted by molar-refractivity contribution is 1.57. The molecule has 0 N–H and O–H groups in total. The number of hydrogen-bond acceptors (Lipinski definition) is 1. The molecule has 0 spiro atoms. The van der Waals surface area contributed by atoms with Gasteiger partial charge in [0.15, 0.2) is 0 Å². The van der Waals surface area contributed by atoms with Gasteiger partial charge in [-0.3, -0.25) is 0 Å². The zero-order chi connectivity index (χ0) is 8.72. The van der Waals surface area contributed by atoms with Crippen molar-refractivity contribution in [3.05, 3.63) is 32.6 Å². The predicted molar refractivity (Wildman–Crippen MR) is 59.3 cm³/mol. The first kappa shape index (κ1) is 8.54. The van der Waals surface area contributed by atoms with E-state index in [4.69, 9.17) is 11.6 Å². The van der Waals surface area contributed by atoms with Crippen LogP contribution in [0.25, 0.3) is 10.1 Å². The Balaban J connectivity index is 2.95. The molecule has 1 aromatic carbocycles. The first-order chi connectivity index (χ1) is 5.70. The summed E-state index contributed by atoms with van der Waals surface area (Å²) in [5.74, 6) is 0. The summed E-state index contributed by atoms with van der Waals surface area (Å²) in [5, 5.41) is 2.09. The van der Waals surface area contributed by atoms with Gasteiger partial charge >= 0.3 is 0 Å². The van der Waals surface area contributed by atoms with Crippen molar-refractivity contribution in [2.75, 3.05) is 0 Å². The van der Waals surface area contributed by atoms with Crippen molar-refractivity contribution in [1.29, 1.82) is 0 Å². The molecule has 0 bridgehead atoms. The van der Waals surface area contributed by atoms with Crippen LogP contribution in [0.2, 0.25) is 5.02 Å². The van der Waals surface area contributed by atoms with Crippen molar-refractivity contribution in [2.24, 2.45) is 0 Å². The summed E-state index contributed by atoms with van der Waals surface area (Å²) < 4.78 is 2.34. The Morgan fingerprint density at radius 3 is 2.83 bits per heavy atom. The van der Waals surface area contributed by atoms with E-state index in [0.29, 0.717) is 0 Å². The largest absolute Gasteiger partial charge is 0.126 e. The molecule has 0 fully saturated rings. The lowest BCUT2D eigenvalue weighted by Gasteiger charge is -1.92. The summed E-state index contributed by atoms with van der Waals surface area (Å²) in [7, 11) is 0. The van der Waals surface area contributed by atoms with E-state index in [9.17, 15) is 0 Å². The minimum absolute atomic E-state index is 0.839. The summed E-state index contributed by atoms with van der Waals surface area (Å²) in [6.07, 6.45) is 0. The van der Waals surface area contributed by atoms with Gasteiger partial charge in [-0.15, -0.1) is 11.3 Å². The van der Waals surface area contributed by atoms with Crippen LogP contribution >= 0.6 is 38.9 Å². The van der Waals surface area contributed by atoms with E-state index < -0.39 is 0 Å². The number of halogens is 2. The van der Waals surface area contributed by atoms with Gasteiger partial charge in [0.2, 0.25) is 0 Å². The summed E-state index contributed by atoms with van der Waals surface area (Å²) >= 11 is 11.2. The Morgan fingerprint density at radius 1 is 1.42 bits per heavy atom. The van der Waals surface area contributed by atoms with Crippen LogP contribution in [0.3, 0.4) is 0 Å². The quantitative estimate of drug-likeness (QED) is 0.649. The number of fused-ring (bicyclic) bond motifs is 1. The normalized spacial score (nSPS) is 10.9. The number of hydrogen-bond donors (Lipinski definition) is 0. The van der Waals surface area contributed by atoms with Crippen molar-refractivity contribution in [1.82, 2.24) is 0 Å². The summed E-state index contributed by atoms with van der Waals surface area (Å²) in [4.78, 5) is 0. The minimum atomic E-state index is 0.839. The zero-order valence-corrected chi connectivity index (χ0v) is 9.55. The fourth-order valence-electron chi connectivity index (χ4n) is 1.18. The molecule has 0 atom stereocenters. The highest BCUT2D eigenvalue weighted by atomic mass is 79.9. The second-order valence-electron chi connectivity index (χ2n) is 2.62. The lowest BCUT2D eigenvalue weighted by atomic mass is 10.2. The number of benzene rings is 1. The van der Waals surface area contributed by atoms with E-state index in [1.54, 1.807) is 11.3 Å². The topological polar surface area (TPSA) is 0 Å². The van der Waals surface area contributed by atoms with Gasteiger partial charge in [-0.05, 0) is 39.9 Å². The van der Waals surface area contributed by atoms with Crippen molar-refractivity contribution < 1.29 is 0 Å². The maximum atomic E-state index is 6.03. The van der Waals surface area contributed by atoms with Crippen LogP contribution in [0.4, 0.5) is 0 Å². The van der Waals surface area contributed by atoms with Crippen LogP contribution in [0, 0.1) is 6.92 Å². The van der Waals surface area contributed by atoms with Gasteiger partial charge in [-0.2, -0.15) is 0 Å². The SMILES string of the molecule is Cc1c(Br)sc2c(Cl)cccc12. The third-order valence-corrected chi connectivity index (χ3v) is 4.49. The molecule has 2 aromatic rings. The molecule has 1 aromatic heterocycles. The third kappa shape index (κ3) is 1.18. The van der Waals surface area contributed by atoms with Gasteiger partial charge < -0.3 is 0 Å². The molecule has 0 saturated heterocycles. The highest BCUT2D eigenvalue weighted by molar-refractivity contribution is 9.11. The van der Waals surface area contributed by atoms with Crippen LogP contribution in [-0.4, -0.2) is 0 Å². The summed E-state index contributed by atoms with van der Waals surface area (Å²) in [6, 6.07) is 6.00. The number of aryl methyl sites for hydroxylation is 1. The molecule has 0 nitrogen and oxygen atoms in total. The number of rotatable bonds is 0. The van der Waals surface area contributed by atoms with Crippen LogP contribution in [0.15, 0.2) is 22.0 Å². The van der Waals surface area contributed by atoms with Gasteiger partial charge in [0.25, 0.3) is 0 Å². The minimum Gasteiger partial charge on any atom is -0.126 e. The maximum Gasteiger partial charge on any atom is 0.0740 e. The van der Waals surface area contributed by atoms with E-state index in [1.165, 1.54) is 19.4 Å². The molecular weight excluding hydrogens is 256 g/mol. The van der Waals surface area contributed by atoms with E-state index in [2.05, 4.69) is 28.9 Å². The highest BCUT2D eigenvalue weighted by Gasteiger charge is 2.07. The first-order valence-corrected chi connectivity index (χ1v) is 5.52. The summed E-state index contributed by atoms with van der Waals surface area (Å²) in [6.45, 7) is 2.10. The fraction of sp³-hybridized carbons (Fsp3) is 0.111. The van der Waals surface area contributed by atoms with Crippen molar-refractivity contribution in [3.8, 4) is 0 Å². The van der Waals surface area contributed by atoms with E-state index in [0.717, 1.165) is 5.02 Å². The highest BCUT2D eigenvalue weighted by Crippen LogP contribution is 2.38. The Kier molecular flexibility index (Phi) is 2.15. The molecule has 0 unspecified atom stereocenters. The number of thiophene rings is 1. The third-order valence-electron chi connectivity index (χ3n) is 1.86. The van der Waals surface area contributed by atoms with Crippen LogP contribution < -0.4 is 0 Å². The zero-order valence-electron chi connectivity index (χ0n) is 6.40. The van der Waals surface area contributed by atoms with E-state index in [1.807, 2.05) is 12.1 Å². The molecule has 2 rings (SSSR count). The van der Waals surface area contributed by atoms with Crippen LogP contribution in [-0.2, 0) is 0 Å². The molecule has 12 heavy (non-hydrogen) atoms. The molecular formula is C9H6BrClS.